The van der Waals surface area contributed by atoms with Gasteiger partial charge in [-0.25, -0.2) is 0 Å². The molecule has 6 nitrogen and oxygen atoms in total. The minimum Gasteiger partial charge on any atom is -0.386 e. The van der Waals surface area contributed by atoms with E-state index in [2.05, 4.69) is 15.6 Å². The first-order valence-corrected chi connectivity index (χ1v) is 10.2. The minimum atomic E-state index is -0.653. The van der Waals surface area contributed by atoms with E-state index < -0.39 is 11.5 Å². The van der Waals surface area contributed by atoms with E-state index in [1.807, 2.05) is 13.0 Å². The summed E-state index contributed by atoms with van der Waals surface area (Å²) in [4.78, 5) is 19.8. The lowest BCUT2D eigenvalue weighted by molar-refractivity contribution is -0.138. The number of thiophene rings is 1. The molecule has 2 rings (SSSR count). The Morgan fingerprint density at radius 3 is 2.56 bits per heavy atom. The number of aliphatic imine (C=N–C) groups is 1. The minimum absolute atomic E-state index is 0. The number of hydrogen-bond acceptors (Lipinski definition) is 4. The van der Waals surface area contributed by atoms with Crippen molar-refractivity contribution < 1.29 is 9.90 Å². The van der Waals surface area contributed by atoms with Crippen LogP contribution in [0.3, 0.4) is 0 Å². The summed E-state index contributed by atoms with van der Waals surface area (Å²) in [5.41, 5.74) is -0.397. The average molecular weight is 529 g/mol. The molecular weight excluding hydrogens is 499 g/mol. The predicted octanol–water partition coefficient (Wildman–Crippen LogP) is 3.26. The van der Waals surface area contributed by atoms with Crippen LogP contribution in [0.5, 0.6) is 0 Å². The third-order valence-electron chi connectivity index (χ3n) is 4.69. The zero-order valence-corrected chi connectivity index (χ0v) is 20.0. The summed E-state index contributed by atoms with van der Waals surface area (Å²) in [7, 11) is 3.61. The van der Waals surface area contributed by atoms with Crippen LogP contribution < -0.4 is 10.6 Å². The van der Waals surface area contributed by atoms with E-state index in [0.717, 1.165) is 30.6 Å². The molecule has 0 aromatic carbocycles. The molecule has 154 valence electrons. The highest BCUT2D eigenvalue weighted by Crippen LogP contribution is 2.39. The number of nitrogens with zero attached hydrogens (tertiary/aromatic N) is 2. The van der Waals surface area contributed by atoms with Crippen LogP contribution in [-0.2, 0) is 4.79 Å². The van der Waals surface area contributed by atoms with E-state index in [-0.39, 0.29) is 29.9 Å². The Morgan fingerprint density at radius 1 is 1.37 bits per heavy atom. The first kappa shape index (κ1) is 24.5. The second-order valence-corrected chi connectivity index (χ2v) is 8.67. The molecule has 1 unspecified atom stereocenters. The zero-order valence-electron chi connectivity index (χ0n) is 16.1. The standard InChI is InChI=1S/C18H29ClN4O2S.HI/c1-4-20-17(21-11-13(24)14-7-8-15(19)26-14)22-12-18(9-5-6-10-18)16(25)23(2)3;/h7-8,13,24H,4-6,9-12H2,1-3H3,(H2,20,21,22);1H. The molecule has 27 heavy (non-hydrogen) atoms. The Bertz CT molecular complexity index is 633. The Morgan fingerprint density at radius 2 is 2.04 bits per heavy atom. The molecule has 0 aliphatic heterocycles. The van der Waals surface area contributed by atoms with Gasteiger partial charge in [-0.1, -0.05) is 24.4 Å². The van der Waals surface area contributed by atoms with Crippen molar-refractivity contribution in [2.45, 2.75) is 38.7 Å². The van der Waals surface area contributed by atoms with Crippen LogP contribution in [0.1, 0.15) is 43.6 Å². The van der Waals surface area contributed by atoms with E-state index in [4.69, 9.17) is 11.6 Å². The van der Waals surface area contributed by atoms with Crippen LogP contribution in [-0.4, -0.2) is 55.6 Å². The molecule has 1 heterocycles. The fraction of sp³-hybridized carbons (Fsp3) is 0.667. The quantitative estimate of drug-likeness (QED) is 0.288. The van der Waals surface area contributed by atoms with Crippen molar-refractivity contribution in [3.05, 3.63) is 21.3 Å². The summed E-state index contributed by atoms with van der Waals surface area (Å²) < 4.78 is 0.657. The molecule has 1 fully saturated rings. The fourth-order valence-corrected chi connectivity index (χ4v) is 4.39. The van der Waals surface area contributed by atoms with Crippen LogP contribution in [0.25, 0.3) is 0 Å². The smallest absolute Gasteiger partial charge is 0.230 e. The van der Waals surface area contributed by atoms with Crippen molar-refractivity contribution in [1.82, 2.24) is 15.5 Å². The van der Waals surface area contributed by atoms with Gasteiger partial charge in [0.05, 0.1) is 16.3 Å². The number of carbonyl (C=O) groups is 1. The van der Waals surface area contributed by atoms with Crippen molar-refractivity contribution in [2.24, 2.45) is 10.4 Å². The molecule has 1 aliphatic rings. The van der Waals surface area contributed by atoms with Crippen LogP contribution in [0, 0.1) is 5.41 Å². The lowest BCUT2D eigenvalue weighted by Crippen LogP contribution is -2.43. The first-order valence-electron chi connectivity index (χ1n) is 9.05. The van der Waals surface area contributed by atoms with Gasteiger partial charge in [-0.05, 0) is 31.9 Å². The summed E-state index contributed by atoms with van der Waals surface area (Å²) >= 11 is 7.29. The summed E-state index contributed by atoms with van der Waals surface area (Å²) in [6.07, 6.45) is 3.24. The third kappa shape index (κ3) is 6.76. The first-order chi connectivity index (χ1) is 12.4. The maximum atomic E-state index is 12.7. The number of carbonyl (C=O) groups excluding carboxylic acids is 1. The second-order valence-electron chi connectivity index (χ2n) is 6.92. The summed E-state index contributed by atoms with van der Waals surface area (Å²) in [5, 5.41) is 16.6. The number of halogens is 2. The zero-order chi connectivity index (χ0) is 19.2. The molecule has 0 radical (unpaired) electrons. The van der Waals surface area contributed by atoms with E-state index in [1.54, 1.807) is 25.1 Å². The highest BCUT2D eigenvalue weighted by molar-refractivity contribution is 14.0. The molecule has 9 heteroatoms. The van der Waals surface area contributed by atoms with Gasteiger partial charge in [0.15, 0.2) is 5.96 Å². The van der Waals surface area contributed by atoms with Gasteiger partial charge in [-0.2, -0.15) is 0 Å². The number of hydrogen-bond donors (Lipinski definition) is 3. The van der Waals surface area contributed by atoms with Crippen molar-refractivity contribution in [3.63, 3.8) is 0 Å². The summed E-state index contributed by atoms with van der Waals surface area (Å²) in [6.45, 7) is 3.49. The van der Waals surface area contributed by atoms with E-state index in [1.165, 1.54) is 11.3 Å². The van der Waals surface area contributed by atoms with Gasteiger partial charge >= 0.3 is 0 Å². The van der Waals surface area contributed by atoms with Gasteiger partial charge in [0.1, 0.15) is 6.10 Å². The molecule has 1 aliphatic carbocycles. The van der Waals surface area contributed by atoms with Crippen LogP contribution in [0.15, 0.2) is 17.1 Å². The molecule has 1 aromatic heterocycles. The lowest BCUT2D eigenvalue weighted by atomic mass is 9.85. The van der Waals surface area contributed by atoms with E-state index in [9.17, 15) is 9.90 Å². The van der Waals surface area contributed by atoms with Gasteiger partial charge in [-0.15, -0.1) is 35.3 Å². The van der Waals surface area contributed by atoms with Crippen molar-refractivity contribution in [3.8, 4) is 0 Å². The van der Waals surface area contributed by atoms with Gasteiger partial charge in [-0.3, -0.25) is 9.79 Å². The van der Waals surface area contributed by atoms with Crippen LogP contribution in [0.4, 0.5) is 0 Å². The number of guanidine groups is 1. The molecule has 1 amide bonds. The van der Waals surface area contributed by atoms with Crippen molar-refractivity contribution >= 4 is 58.8 Å². The fourth-order valence-electron chi connectivity index (χ4n) is 3.34. The van der Waals surface area contributed by atoms with Gasteiger partial charge in [0.25, 0.3) is 0 Å². The lowest BCUT2D eigenvalue weighted by Gasteiger charge is -2.29. The van der Waals surface area contributed by atoms with Gasteiger partial charge in [0.2, 0.25) is 5.91 Å². The number of rotatable bonds is 7. The van der Waals surface area contributed by atoms with Crippen LogP contribution in [0.2, 0.25) is 4.34 Å². The van der Waals surface area contributed by atoms with E-state index >= 15 is 0 Å². The maximum Gasteiger partial charge on any atom is 0.230 e. The van der Waals surface area contributed by atoms with Gasteiger partial charge < -0.3 is 20.6 Å². The largest absolute Gasteiger partial charge is 0.386 e. The molecule has 1 atom stereocenters. The topological polar surface area (TPSA) is 77.0 Å². The Kier molecular flexibility index (Phi) is 10.4. The SMILES string of the molecule is CCNC(=NCC1(C(=O)N(C)C)CCCC1)NCC(O)c1ccc(Cl)s1.I. The summed E-state index contributed by atoms with van der Waals surface area (Å²) in [5.74, 6) is 0.773. The molecule has 0 spiro atoms. The normalized spacial score (nSPS) is 17.1. The predicted molar refractivity (Wildman–Crippen MR) is 123 cm³/mol. The molecular formula is C18H30ClIN4O2S. The Hall–Kier alpha value is -0.580. The Labute approximate surface area is 187 Å². The van der Waals surface area contributed by atoms with Crippen molar-refractivity contribution in [2.75, 3.05) is 33.7 Å². The average Bonchev–Trinajstić information content (AvgIpc) is 3.26. The number of amides is 1. The molecule has 1 saturated carbocycles. The van der Waals surface area contributed by atoms with Crippen molar-refractivity contribution in [1.29, 1.82) is 0 Å². The van der Waals surface area contributed by atoms with Gasteiger partial charge in [0, 0.05) is 32.1 Å². The third-order valence-corrected chi connectivity index (χ3v) is 6.02. The number of nitrogens with one attached hydrogen (secondary N) is 2. The summed E-state index contributed by atoms with van der Waals surface area (Å²) in [6, 6.07) is 3.60. The highest BCUT2D eigenvalue weighted by Gasteiger charge is 2.42. The monoisotopic (exact) mass is 528 g/mol. The Balaban J connectivity index is 0.00000364. The molecule has 3 N–H and O–H groups in total. The molecule has 0 saturated heterocycles. The highest BCUT2D eigenvalue weighted by atomic mass is 127. The second kappa shape index (κ2) is 11.4. The molecule has 0 bridgehead atoms. The molecule has 1 aromatic rings. The number of aliphatic hydroxyl groups excluding tert-OH is 1. The van der Waals surface area contributed by atoms with E-state index in [0.29, 0.717) is 29.9 Å². The number of aliphatic hydroxyl groups is 1. The van der Waals surface area contributed by atoms with Crippen LogP contribution >= 0.6 is 46.9 Å². The maximum absolute atomic E-state index is 12.7.